The molecule has 0 radical (unpaired) electrons. The highest BCUT2D eigenvalue weighted by Crippen LogP contribution is 2.07. The number of benzene rings is 2. The molecule has 0 aromatic heterocycles. The normalized spacial score (nSPS) is 8.88. The van der Waals surface area contributed by atoms with Gasteiger partial charge in [-0.3, -0.25) is 0 Å². The van der Waals surface area contributed by atoms with Crippen molar-refractivity contribution in [1.82, 2.24) is 0 Å². The number of para-hydroxylation sites is 1. The van der Waals surface area contributed by atoms with Crippen LogP contribution in [-0.2, 0) is 0 Å². The Kier molecular flexibility index (Phi) is 5.20. The van der Waals surface area contributed by atoms with Crippen LogP contribution in [0.3, 0.4) is 0 Å². The Labute approximate surface area is 99.1 Å². The van der Waals surface area contributed by atoms with Gasteiger partial charge >= 0.3 is 0 Å². The van der Waals surface area contributed by atoms with Crippen LogP contribution in [0.4, 0.5) is 5.69 Å². The van der Waals surface area contributed by atoms with Gasteiger partial charge in [0.2, 0.25) is 0 Å². The minimum atomic E-state index is 1.25. The van der Waals surface area contributed by atoms with E-state index in [1.165, 1.54) is 11.2 Å². The molecule has 0 saturated carbocycles. The van der Waals surface area contributed by atoms with E-state index in [-0.39, 0.29) is 0 Å². The fourth-order valence-electron chi connectivity index (χ4n) is 1.26. The Balaban J connectivity index is 0.000000165. The second kappa shape index (κ2) is 6.73. The lowest BCUT2D eigenvalue weighted by atomic mass is 9.97. The van der Waals surface area contributed by atoms with E-state index in [9.17, 15) is 0 Å². The van der Waals surface area contributed by atoms with Crippen molar-refractivity contribution in [3.63, 3.8) is 0 Å². The predicted molar refractivity (Wildman–Crippen MR) is 75.4 cm³/mol. The first kappa shape index (κ1) is 12.4. The lowest BCUT2D eigenvalue weighted by Crippen LogP contribution is -2.07. The van der Waals surface area contributed by atoms with Crippen LogP contribution in [-0.4, -0.2) is 21.9 Å². The molecule has 0 aliphatic rings. The molecule has 1 nitrogen and oxygen atoms in total. The third kappa shape index (κ3) is 4.69. The summed E-state index contributed by atoms with van der Waals surface area (Å²) in [5, 5.41) is 0. The van der Waals surface area contributed by atoms with Crippen molar-refractivity contribution in [1.29, 1.82) is 0 Å². The standard InChI is InChI=1S/C8H11N.C6H7B/c1-9(2)8-6-4-3-5-7-8;7-6-4-2-1-3-5-6/h3-7H,1-2H3;1-5H,7H2. The predicted octanol–water partition coefficient (Wildman–Crippen LogP) is 1.70. The van der Waals surface area contributed by atoms with E-state index in [1.54, 1.807) is 0 Å². The topological polar surface area (TPSA) is 3.24 Å². The number of anilines is 1. The summed E-state index contributed by atoms with van der Waals surface area (Å²) in [7, 11) is 6.16. The summed E-state index contributed by atoms with van der Waals surface area (Å²) in [5.41, 5.74) is 2.57. The minimum Gasteiger partial charge on any atom is -0.378 e. The van der Waals surface area contributed by atoms with Gasteiger partial charge in [-0.1, -0.05) is 54.0 Å². The average molecular weight is 211 g/mol. The van der Waals surface area contributed by atoms with Crippen LogP contribution in [0.5, 0.6) is 0 Å². The molecular weight excluding hydrogens is 193 g/mol. The van der Waals surface area contributed by atoms with E-state index < -0.39 is 0 Å². The number of nitrogens with zero attached hydrogens (tertiary/aromatic N) is 1. The number of hydrogen-bond donors (Lipinski definition) is 0. The Morgan fingerprint density at radius 3 is 1.44 bits per heavy atom. The fourth-order valence-corrected chi connectivity index (χ4v) is 1.26. The Morgan fingerprint density at radius 2 is 1.19 bits per heavy atom. The summed E-state index contributed by atoms with van der Waals surface area (Å²) in [5.74, 6) is 0. The zero-order valence-electron chi connectivity index (χ0n) is 10.2. The van der Waals surface area contributed by atoms with Gasteiger partial charge in [-0.25, -0.2) is 0 Å². The highest BCUT2D eigenvalue weighted by atomic mass is 15.1. The molecule has 0 spiro atoms. The van der Waals surface area contributed by atoms with Crippen molar-refractivity contribution < 1.29 is 0 Å². The van der Waals surface area contributed by atoms with Gasteiger partial charge < -0.3 is 4.90 Å². The monoisotopic (exact) mass is 211 g/mol. The third-order valence-electron chi connectivity index (χ3n) is 2.21. The summed E-state index contributed by atoms with van der Waals surface area (Å²) in [6.45, 7) is 0. The molecule has 2 heteroatoms. The molecule has 0 aliphatic heterocycles. The van der Waals surface area contributed by atoms with Gasteiger partial charge in [-0.05, 0) is 12.1 Å². The molecule has 2 aromatic rings. The molecule has 0 N–H and O–H groups in total. The molecule has 82 valence electrons. The van der Waals surface area contributed by atoms with Crippen molar-refractivity contribution in [3.05, 3.63) is 60.7 Å². The average Bonchev–Trinajstić information content (AvgIpc) is 2.32. The maximum atomic E-state index is 2.08. The Hall–Kier alpha value is -1.70. The van der Waals surface area contributed by atoms with Crippen molar-refractivity contribution in [2.45, 2.75) is 0 Å². The quantitative estimate of drug-likeness (QED) is 0.649. The molecule has 0 amide bonds. The first-order chi connectivity index (χ1) is 7.70. The van der Waals surface area contributed by atoms with Gasteiger partial charge in [0.05, 0.1) is 0 Å². The molecule has 0 heterocycles. The lowest BCUT2D eigenvalue weighted by Gasteiger charge is -2.10. The van der Waals surface area contributed by atoms with Gasteiger partial charge in [0.15, 0.2) is 0 Å². The van der Waals surface area contributed by atoms with Gasteiger partial charge in [-0.15, -0.1) is 0 Å². The van der Waals surface area contributed by atoms with Crippen LogP contribution in [0, 0.1) is 0 Å². The second-order valence-electron chi connectivity index (χ2n) is 3.88. The minimum absolute atomic E-state index is 1.25. The van der Waals surface area contributed by atoms with Crippen LogP contribution in [0.25, 0.3) is 0 Å². The maximum absolute atomic E-state index is 2.08. The van der Waals surface area contributed by atoms with Crippen molar-refractivity contribution >= 4 is 19.0 Å². The smallest absolute Gasteiger partial charge is 0.139 e. The molecule has 2 rings (SSSR count). The summed E-state index contributed by atoms with van der Waals surface area (Å²) < 4.78 is 0. The van der Waals surface area contributed by atoms with Crippen molar-refractivity contribution in [2.75, 3.05) is 19.0 Å². The molecule has 0 aliphatic carbocycles. The number of rotatable bonds is 1. The van der Waals surface area contributed by atoms with Crippen LogP contribution in [0.15, 0.2) is 60.7 Å². The highest BCUT2D eigenvalue weighted by Gasteiger charge is 1.87. The molecule has 0 unspecified atom stereocenters. The highest BCUT2D eigenvalue weighted by molar-refractivity contribution is 6.32. The van der Waals surface area contributed by atoms with Crippen molar-refractivity contribution in [2.24, 2.45) is 0 Å². The molecule has 0 saturated heterocycles. The summed E-state index contributed by atoms with van der Waals surface area (Å²) in [6, 6.07) is 20.5. The Bertz CT molecular complexity index is 384. The lowest BCUT2D eigenvalue weighted by molar-refractivity contribution is 1.13. The summed E-state index contributed by atoms with van der Waals surface area (Å²) in [6.07, 6.45) is 0. The largest absolute Gasteiger partial charge is 0.378 e. The molecular formula is C14H18BN. The van der Waals surface area contributed by atoms with E-state index in [2.05, 4.69) is 37.0 Å². The first-order valence-electron chi connectivity index (χ1n) is 5.44. The Morgan fingerprint density at radius 1 is 0.750 bits per heavy atom. The van der Waals surface area contributed by atoms with Crippen LogP contribution in [0.2, 0.25) is 0 Å². The number of hydrogen-bond acceptors (Lipinski definition) is 1. The van der Waals surface area contributed by atoms with Gasteiger partial charge in [-0.2, -0.15) is 0 Å². The van der Waals surface area contributed by atoms with E-state index in [0.717, 1.165) is 0 Å². The SMILES string of the molecule is Bc1ccccc1.CN(C)c1ccccc1. The van der Waals surface area contributed by atoms with Crippen LogP contribution >= 0.6 is 0 Å². The molecule has 2 aromatic carbocycles. The molecule has 0 atom stereocenters. The first-order valence-corrected chi connectivity index (χ1v) is 5.44. The van der Waals surface area contributed by atoms with Gasteiger partial charge in [0.1, 0.15) is 7.85 Å². The molecule has 0 bridgehead atoms. The second-order valence-corrected chi connectivity index (χ2v) is 3.88. The summed E-state index contributed by atoms with van der Waals surface area (Å²) >= 11 is 0. The van der Waals surface area contributed by atoms with E-state index in [0.29, 0.717) is 0 Å². The van der Waals surface area contributed by atoms with Gasteiger partial charge in [0, 0.05) is 19.8 Å². The molecule has 0 fully saturated rings. The fraction of sp³-hybridized carbons (Fsp3) is 0.143. The van der Waals surface area contributed by atoms with Gasteiger partial charge in [0.25, 0.3) is 0 Å². The van der Waals surface area contributed by atoms with Crippen LogP contribution < -0.4 is 10.4 Å². The summed E-state index contributed by atoms with van der Waals surface area (Å²) in [4.78, 5) is 2.08. The molecule has 16 heavy (non-hydrogen) atoms. The zero-order valence-corrected chi connectivity index (χ0v) is 10.2. The van der Waals surface area contributed by atoms with Crippen molar-refractivity contribution in [3.8, 4) is 0 Å². The third-order valence-corrected chi connectivity index (χ3v) is 2.21. The maximum Gasteiger partial charge on any atom is 0.139 e. The zero-order chi connectivity index (χ0) is 11.8. The van der Waals surface area contributed by atoms with E-state index in [1.807, 2.05) is 50.5 Å². The van der Waals surface area contributed by atoms with E-state index in [4.69, 9.17) is 0 Å². The van der Waals surface area contributed by atoms with E-state index >= 15 is 0 Å². The van der Waals surface area contributed by atoms with Crippen LogP contribution in [0.1, 0.15) is 0 Å².